The number of hydrogen-bond donors (Lipinski definition) is 2. The molecule has 0 bridgehead atoms. The molecule has 0 fully saturated rings. The van der Waals surface area contributed by atoms with Crippen molar-refractivity contribution in [2.45, 2.75) is 46.5 Å². The molecule has 0 aromatic heterocycles. The Balaban J connectivity index is 3.41. The van der Waals surface area contributed by atoms with Crippen molar-refractivity contribution >= 4 is 11.9 Å². The second-order valence-electron chi connectivity index (χ2n) is 6.29. The SMILES string of the molecule is CC(C)Cc1cccc(C(C(=O)O)C(=O)O)c1CC(C)C. The van der Waals surface area contributed by atoms with Crippen LogP contribution in [0.25, 0.3) is 0 Å². The summed E-state index contributed by atoms with van der Waals surface area (Å²) >= 11 is 0. The van der Waals surface area contributed by atoms with Crippen molar-refractivity contribution in [3.05, 3.63) is 34.9 Å². The molecular formula is C17H24O4. The molecule has 0 aliphatic rings. The quantitative estimate of drug-likeness (QED) is 0.756. The van der Waals surface area contributed by atoms with Crippen molar-refractivity contribution in [1.82, 2.24) is 0 Å². The molecule has 4 nitrogen and oxygen atoms in total. The molecule has 4 heteroatoms. The van der Waals surface area contributed by atoms with Gasteiger partial charge in [0.25, 0.3) is 0 Å². The maximum Gasteiger partial charge on any atom is 0.322 e. The van der Waals surface area contributed by atoms with Crippen LogP contribution in [-0.2, 0) is 22.4 Å². The van der Waals surface area contributed by atoms with Gasteiger partial charge in [0.2, 0.25) is 0 Å². The van der Waals surface area contributed by atoms with E-state index in [1.165, 1.54) is 0 Å². The minimum absolute atomic E-state index is 0.334. The lowest BCUT2D eigenvalue weighted by Crippen LogP contribution is -2.23. The molecule has 21 heavy (non-hydrogen) atoms. The fraction of sp³-hybridized carbons (Fsp3) is 0.529. The van der Waals surface area contributed by atoms with E-state index in [0.717, 1.165) is 17.5 Å². The Morgan fingerprint density at radius 1 is 0.952 bits per heavy atom. The first-order chi connectivity index (χ1) is 9.73. The Labute approximate surface area is 125 Å². The summed E-state index contributed by atoms with van der Waals surface area (Å²) in [5.74, 6) is -3.35. The second-order valence-corrected chi connectivity index (χ2v) is 6.29. The molecule has 116 valence electrons. The highest BCUT2D eigenvalue weighted by Gasteiger charge is 2.30. The molecule has 0 atom stereocenters. The van der Waals surface area contributed by atoms with Crippen molar-refractivity contribution in [2.24, 2.45) is 11.8 Å². The molecule has 0 heterocycles. The topological polar surface area (TPSA) is 74.6 Å². The van der Waals surface area contributed by atoms with Crippen molar-refractivity contribution < 1.29 is 19.8 Å². The van der Waals surface area contributed by atoms with Crippen LogP contribution in [-0.4, -0.2) is 22.2 Å². The van der Waals surface area contributed by atoms with E-state index < -0.39 is 17.9 Å². The molecular weight excluding hydrogens is 268 g/mol. The standard InChI is InChI=1S/C17H24O4/c1-10(2)8-12-6-5-7-13(14(12)9-11(3)4)15(16(18)19)17(20)21/h5-7,10-11,15H,8-9H2,1-4H3,(H,18,19)(H,20,21). The van der Waals surface area contributed by atoms with Crippen LogP contribution in [0.1, 0.15) is 50.3 Å². The van der Waals surface area contributed by atoms with E-state index in [1.54, 1.807) is 12.1 Å². The van der Waals surface area contributed by atoms with Gasteiger partial charge >= 0.3 is 11.9 Å². The van der Waals surface area contributed by atoms with Gasteiger partial charge in [0.15, 0.2) is 5.92 Å². The Morgan fingerprint density at radius 3 is 1.90 bits per heavy atom. The van der Waals surface area contributed by atoms with E-state index in [1.807, 2.05) is 19.9 Å². The predicted octanol–water partition coefficient (Wildman–Crippen LogP) is 3.34. The van der Waals surface area contributed by atoms with Gasteiger partial charge in [-0.05, 0) is 41.4 Å². The lowest BCUT2D eigenvalue weighted by molar-refractivity contribution is -0.150. The van der Waals surface area contributed by atoms with Gasteiger partial charge in [0, 0.05) is 0 Å². The molecule has 0 aliphatic carbocycles. The zero-order valence-electron chi connectivity index (χ0n) is 13.1. The molecule has 2 N–H and O–H groups in total. The van der Waals surface area contributed by atoms with E-state index in [-0.39, 0.29) is 0 Å². The average molecular weight is 292 g/mol. The first-order valence-electron chi connectivity index (χ1n) is 7.30. The summed E-state index contributed by atoms with van der Waals surface area (Å²) in [4.78, 5) is 22.7. The lowest BCUT2D eigenvalue weighted by atomic mass is 9.84. The number of carboxylic acid groups (broad SMARTS) is 2. The highest BCUT2D eigenvalue weighted by atomic mass is 16.4. The predicted molar refractivity (Wildman–Crippen MR) is 81.5 cm³/mol. The summed E-state index contributed by atoms with van der Waals surface area (Å²) in [5.41, 5.74) is 2.36. The maximum atomic E-state index is 11.3. The second kappa shape index (κ2) is 7.25. The van der Waals surface area contributed by atoms with Crippen LogP contribution in [0.5, 0.6) is 0 Å². The third kappa shape index (κ3) is 4.59. The van der Waals surface area contributed by atoms with Gasteiger partial charge in [-0.2, -0.15) is 0 Å². The van der Waals surface area contributed by atoms with E-state index in [9.17, 15) is 19.8 Å². The molecule has 0 saturated heterocycles. The number of carboxylic acids is 2. The van der Waals surface area contributed by atoms with E-state index in [4.69, 9.17) is 0 Å². The van der Waals surface area contributed by atoms with Crippen LogP contribution in [0.4, 0.5) is 0 Å². The molecule has 0 saturated carbocycles. The molecule has 0 unspecified atom stereocenters. The highest BCUT2D eigenvalue weighted by molar-refractivity contribution is 5.99. The Kier molecular flexibility index (Phi) is 5.94. The third-order valence-corrected chi connectivity index (χ3v) is 3.35. The largest absolute Gasteiger partial charge is 0.480 e. The minimum atomic E-state index is -1.49. The summed E-state index contributed by atoms with van der Waals surface area (Å²) in [7, 11) is 0. The molecule has 1 rings (SSSR count). The minimum Gasteiger partial charge on any atom is -0.480 e. The van der Waals surface area contributed by atoms with Gasteiger partial charge in [-0.15, -0.1) is 0 Å². The van der Waals surface area contributed by atoms with Crippen molar-refractivity contribution in [3.8, 4) is 0 Å². The van der Waals surface area contributed by atoms with Gasteiger partial charge in [0.05, 0.1) is 0 Å². The normalized spacial score (nSPS) is 11.4. The first-order valence-corrected chi connectivity index (χ1v) is 7.30. The van der Waals surface area contributed by atoms with Crippen LogP contribution in [0.3, 0.4) is 0 Å². The third-order valence-electron chi connectivity index (χ3n) is 3.35. The summed E-state index contributed by atoms with van der Waals surface area (Å²) < 4.78 is 0. The Bertz CT molecular complexity index is 504. The fourth-order valence-corrected chi connectivity index (χ4v) is 2.58. The van der Waals surface area contributed by atoms with Gasteiger partial charge in [-0.1, -0.05) is 45.9 Å². The average Bonchev–Trinajstić information content (AvgIpc) is 2.30. The lowest BCUT2D eigenvalue weighted by Gasteiger charge is -2.20. The van der Waals surface area contributed by atoms with Gasteiger partial charge in [0.1, 0.15) is 0 Å². The number of aliphatic carboxylic acids is 2. The smallest absolute Gasteiger partial charge is 0.322 e. The number of rotatable bonds is 7. The van der Waals surface area contributed by atoms with Crippen molar-refractivity contribution in [1.29, 1.82) is 0 Å². The summed E-state index contributed by atoms with van der Waals surface area (Å²) in [5, 5.41) is 18.5. The molecule has 0 aliphatic heterocycles. The van der Waals surface area contributed by atoms with Crippen LogP contribution in [0.15, 0.2) is 18.2 Å². The summed E-state index contributed by atoms with van der Waals surface area (Å²) in [6.45, 7) is 8.29. The van der Waals surface area contributed by atoms with E-state index >= 15 is 0 Å². The zero-order valence-corrected chi connectivity index (χ0v) is 13.1. The number of benzene rings is 1. The molecule has 1 aromatic carbocycles. The van der Waals surface area contributed by atoms with Crippen LogP contribution in [0.2, 0.25) is 0 Å². The number of carbonyl (C=O) groups is 2. The molecule has 1 aromatic rings. The van der Waals surface area contributed by atoms with E-state index in [2.05, 4.69) is 13.8 Å². The monoisotopic (exact) mass is 292 g/mol. The first kappa shape index (κ1) is 17.2. The number of hydrogen-bond acceptors (Lipinski definition) is 2. The highest BCUT2D eigenvalue weighted by Crippen LogP contribution is 2.28. The van der Waals surface area contributed by atoms with Crippen molar-refractivity contribution in [3.63, 3.8) is 0 Å². The van der Waals surface area contributed by atoms with Crippen LogP contribution < -0.4 is 0 Å². The van der Waals surface area contributed by atoms with Crippen LogP contribution >= 0.6 is 0 Å². The maximum absolute atomic E-state index is 11.3. The van der Waals surface area contributed by atoms with Gasteiger partial charge in [-0.25, -0.2) is 0 Å². The van der Waals surface area contributed by atoms with Gasteiger partial charge < -0.3 is 10.2 Å². The van der Waals surface area contributed by atoms with Crippen molar-refractivity contribution in [2.75, 3.05) is 0 Å². The summed E-state index contributed by atoms with van der Waals surface area (Å²) in [6, 6.07) is 5.37. The zero-order chi connectivity index (χ0) is 16.2. The van der Waals surface area contributed by atoms with Gasteiger partial charge in [-0.3, -0.25) is 9.59 Å². The summed E-state index contributed by atoms with van der Waals surface area (Å²) in [6.07, 6.45) is 1.51. The van der Waals surface area contributed by atoms with E-state index in [0.29, 0.717) is 23.8 Å². The fourth-order valence-electron chi connectivity index (χ4n) is 2.58. The molecule has 0 amide bonds. The molecule has 0 radical (unpaired) electrons. The Hall–Kier alpha value is -1.84. The van der Waals surface area contributed by atoms with Crippen LogP contribution in [0, 0.1) is 11.8 Å². The Morgan fingerprint density at radius 2 is 1.48 bits per heavy atom. The molecule has 0 spiro atoms.